The lowest BCUT2D eigenvalue weighted by Crippen LogP contribution is -2.05. The Balaban J connectivity index is 1.62. The van der Waals surface area contributed by atoms with Gasteiger partial charge in [-0.2, -0.15) is 5.10 Å². The average molecular weight is 462 g/mol. The monoisotopic (exact) mass is 462 g/mol. The molecule has 4 aromatic rings. The molecule has 0 N–H and O–H groups in total. The average Bonchev–Trinajstić information content (AvgIpc) is 3.30. The molecule has 0 fully saturated rings. The second-order valence-electron chi connectivity index (χ2n) is 7.27. The smallest absolute Gasteiger partial charge is 0.367 e. The van der Waals surface area contributed by atoms with Gasteiger partial charge in [0.05, 0.1) is 30.3 Å². The van der Waals surface area contributed by atoms with Gasteiger partial charge in [-0.25, -0.2) is 4.68 Å². The van der Waals surface area contributed by atoms with Gasteiger partial charge in [0.1, 0.15) is 5.75 Å². The minimum Gasteiger partial charge on any atom is -0.481 e. The second-order valence-corrected chi connectivity index (χ2v) is 9.27. The predicted molar refractivity (Wildman–Crippen MR) is 131 cm³/mol. The van der Waals surface area contributed by atoms with Gasteiger partial charge < -0.3 is 13.8 Å². The normalized spacial score (nSPS) is 11.5. The Hall–Kier alpha value is -3.18. The van der Waals surface area contributed by atoms with Gasteiger partial charge in [-0.3, -0.25) is 4.57 Å². The van der Waals surface area contributed by atoms with Gasteiger partial charge in [0.2, 0.25) is 0 Å². The van der Waals surface area contributed by atoms with E-state index in [-0.39, 0.29) is 6.35 Å². The van der Waals surface area contributed by atoms with Crippen molar-refractivity contribution in [2.75, 3.05) is 19.6 Å². The van der Waals surface area contributed by atoms with Gasteiger partial charge in [-0.15, -0.1) is 0 Å². The number of rotatable bonds is 10. The number of hydrogen-bond acceptors (Lipinski definition) is 5. The molecule has 1 aromatic heterocycles. The van der Waals surface area contributed by atoms with Gasteiger partial charge in [0.25, 0.3) is 0 Å². The van der Waals surface area contributed by atoms with E-state index in [1.54, 1.807) is 13.8 Å². The molecule has 3 aromatic carbocycles. The molecule has 0 saturated carbocycles. The maximum atomic E-state index is 12.6. The predicted octanol–water partition coefficient (Wildman–Crippen LogP) is 6.81. The molecular formula is C26H27N2O4P. The summed E-state index contributed by atoms with van der Waals surface area (Å²) in [5, 5.41) is 4.87. The van der Waals surface area contributed by atoms with Crippen molar-refractivity contribution in [3.8, 4) is 34.0 Å². The van der Waals surface area contributed by atoms with E-state index in [2.05, 4.69) is 6.07 Å². The lowest BCUT2D eigenvalue weighted by atomic mass is 10.1. The van der Waals surface area contributed by atoms with Crippen molar-refractivity contribution in [2.24, 2.45) is 0 Å². The Morgan fingerprint density at radius 2 is 1.39 bits per heavy atom. The molecule has 0 aliphatic heterocycles. The fourth-order valence-corrected chi connectivity index (χ4v) is 4.80. The Labute approximate surface area is 194 Å². The number of benzene rings is 3. The molecule has 33 heavy (non-hydrogen) atoms. The van der Waals surface area contributed by atoms with Crippen LogP contribution in [-0.2, 0) is 13.6 Å². The van der Waals surface area contributed by atoms with E-state index < -0.39 is 7.60 Å². The van der Waals surface area contributed by atoms with E-state index in [1.165, 1.54) is 0 Å². The largest absolute Gasteiger partial charge is 0.481 e. The van der Waals surface area contributed by atoms with E-state index in [4.69, 9.17) is 18.9 Å². The van der Waals surface area contributed by atoms with Crippen molar-refractivity contribution in [1.29, 1.82) is 0 Å². The first kappa shape index (κ1) is 23.0. The molecule has 0 spiro atoms. The number of hydrogen-bond donors (Lipinski definition) is 0. The van der Waals surface area contributed by atoms with Crippen LogP contribution in [0, 0.1) is 0 Å². The van der Waals surface area contributed by atoms with Gasteiger partial charge in [-0.05, 0) is 56.3 Å². The van der Waals surface area contributed by atoms with Crippen LogP contribution >= 0.6 is 7.60 Å². The van der Waals surface area contributed by atoms with Crippen LogP contribution in [0.3, 0.4) is 0 Å². The van der Waals surface area contributed by atoms with Crippen molar-refractivity contribution < 1.29 is 18.3 Å². The third-order valence-corrected chi connectivity index (χ3v) is 6.72. The summed E-state index contributed by atoms with van der Waals surface area (Å²) in [4.78, 5) is 0. The molecule has 7 heteroatoms. The molecule has 0 bridgehead atoms. The maximum Gasteiger partial charge on any atom is 0.367 e. The molecule has 170 valence electrons. The molecule has 0 atom stereocenters. The molecule has 0 saturated heterocycles. The summed E-state index contributed by atoms with van der Waals surface area (Å²) in [7, 11) is -3.27. The van der Waals surface area contributed by atoms with Crippen LogP contribution < -0.4 is 4.74 Å². The number of ether oxygens (including phenoxy) is 1. The highest BCUT2D eigenvalue weighted by atomic mass is 31.2. The SMILES string of the molecule is CCOP(=O)(COc1ccc(-c2cc(-c3ccccc3)nn2-c2ccccc2)cc1)OCC. The number of aromatic nitrogens is 2. The lowest BCUT2D eigenvalue weighted by molar-refractivity contribution is 0.197. The Morgan fingerprint density at radius 1 is 0.788 bits per heavy atom. The molecular weight excluding hydrogens is 435 g/mol. The first-order valence-corrected chi connectivity index (χ1v) is 12.7. The van der Waals surface area contributed by atoms with Crippen LogP contribution in [0.1, 0.15) is 13.8 Å². The van der Waals surface area contributed by atoms with Gasteiger partial charge in [0, 0.05) is 11.1 Å². The molecule has 0 aliphatic rings. The van der Waals surface area contributed by atoms with Crippen LogP contribution in [0.4, 0.5) is 0 Å². The highest BCUT2D eigenvalue weighted by Gasteiger charge is 2.24. The number of nitrogens with zero attached hydrogens (tertiary/aromatic N) is 2. The number of para-hydroxylation sites is 1. The van der Waals surface area contributed by atoms with Crippen molar-refractivity contribution in [3.63, 3.8) is 0 Å². The van der Waals surface area contributed by atoms with Crippen LogP contribution in [0.5, 0.6) is 5.75 Å². The minimum absolute atomic E-state index is 0.131. The van der Waals surface area contributed by atoms with E-state index in [0.29, 0.717) is 19.0 Å². The fourth-order valence-electron chi connectivity index (χ4n) is 3.48. The summed E-state index contributed by atoms with van der Waals surface area (Å²) in [6.45, 7) is 4.15. The second kappa shape index (κ2) is 10.6. The standard InChI is InChI=1S/C26H27N2O4P/c1-3-31-33(29,32-4-2)20-30-24-17-15-22(16-18-24)26-19-25(21-11-7-5-8-12-21)27-28(26)23-13-9-6-10-14-23/h5-19H,3-4,20H2,1-2H3. The Morgan fingerprint density at radius 3 is 2.00 bits per heavy atom. The van der Waals surface area contributed by atoms with E-state index in [9.17, 15) is 4.57 Å². The van der Waals surface area contributed by atoms with Crippen molar-refractivity contribution >= 4 is 7.60 Å². The van der Waals surface area contributed by atoms with Crippen LogP contribution in [-0.4, -0.2) is 29.3 Å². The highest BCUT2D eigenvalue weighted by Crippen LogP contribution is 2.48. The molecule has 6 nitrogen and oxygen atoms in total. The van der Waals surface area contributed by atoms with Crippen LogP contribution in [0.2, 0.25) is 0 Å². The van der Waals surface area contributed by atoms with Gasteiger partial charge in [0.15, 0.2) is 6.35 Å². The zero-order chi connectivity index (χ0) is 23.1. The Bertz CT molecular complexity index is 1200. The summed E-state index contributed by atoms with van der Waals surface area (Å²) in [5.41, 5.74) is 4.86. The fraction of sp³-hybridized carbons (Fsp3) is 0.192. The van der Waals surface area contributed by atoms with Crippen molar-refractivity contribution in [3.05, 3.63) is 91.0 Å². The molecule has 0 unspecified atom stereocenters. The maximum absolute atomic E-state index is 12.6. The van der Waals surface area contributed by atoms with Crippen LogP contribution in [0.25, 0.3) is 28.2 Å². The summed E-state index contributed by atoms with van der Waals surface area (Å²) in [6, 6.07) is 29.8. The van der Waals surface area contributed by atoms with E-state index in [1.807, 2.05) is 89.6 Å². The highest BCUT2D eigenvalue weighted by molar-refractivity contribution is 7.53. The van der Waals surface area contributed by atoms with E-state index >= 15 is 0 Å². The zero-order valence-electron chi connectivity index (χ0n) is 18.8. The molecule has 0 aliphatic carbocycles. The summed E-state index contributed by atoms with van der Waals surface area (Å²) < 4.78 is 30.9. The Kier molecular flexibility index (Phi) is 7.40. The van der Waals surface area contributed by atoms with Crippen LogP contribution in [0.15, 0.2) is 91.0 Å². The van der Waals surface area contributed by atoms with E-state index in [0.717, 1.165) is 28.2 Å². The third-order valence-electron chi connectivity index (χ3n) is 4.97. The summed E-state index contributed by atoms with van der Waals surface area (Å²) in [5.74, 6) is 0.590. The quantitative estimate of drug-likeness (QED) is 0.242. The third kappa shape index (κ3) is 5.60. The first-order chi connectivity index (χ1) is 16.1. The molecule has 4 rings (SSSR count). The molecule has 0 radical (unpaired) electrons. The minimum atomic E-state index is -3.27. The van der Waals surface area contributed by atoms with Crippen molar-refractivity contribution in [2.45, 2.75) is 13.8 Å². The molecule has 0 amide bonds. The summed E-state index contributed by atoms with van der Waals surface area (Å²) >= 11 is 0. The van der Waals surface area contributed by atoms with Gasteiger partial charge >= 0.3 is 7.60 Å². The van der Waals surface area contributed by atoms with Gasteiger partial charge in [-0.1, -0.05) is 48.5 Å². The lowest BCUT2D eigenvalue weighted by Gasteiger charge is -2.17. The van der Waals surface area contributed by atoms with Crippen molar-refractivity contribution in [1.82, 2.24) is 9.78 Å². The summed E-state index contributed by atoms with van der Waals surface area (Å²) in [6.07, 6.45) is -0.131. The molecule has 1 heterocycles. The first-order valence-electron chi connectivity index (χ1n) is 10.9. The topological polar surface area (TPSA) is 62.6 Å². The zero-order valence-corrected chi connectivity index (χ0v) is 19.7.